The number of nitrogens with two attached hydrogens (primary N) is 1. The van der Waals surface area contributed by atoms with Crippen LogP contribution in [0.15, 0.2) is 28.5 Å². The average molecular weight is 375 g/mol. The van der Waals surface area contributed by atoms with Gasteiger partial charge in [0.15, 0.2) is 5.11 Å². The molecular formula is C18H25N5O2S. The molecule has 1 aromatic rings. The van der Waals surface area contributed by atoms with Crippen molar-refractivity contribution >= 4 is 40.3 Å². The van der Waals surface area contributed by atoms with E-state index in [1.165, 1.54) is 0 Å². The summed E-state index contributed by atoms with van der Waals surface area (Å²) in [6.45, 7) is 4.48. The van der Waals surface area contributed by atoms with Crippen molar-refractivity contribution in [1.29, 1.82) is 0 Å². The number of aryl methyl sites for hydroxylation is 1. The number of carbonyl (C=O) groups excluding carboxylic acids is 1. The molecule has 1 aromatic carbocycles. The van der Waals surface area contributed by atoms with Crippen LogP contribution in [0.3, 0.4) is 0 Å². The Labute approximate surface area is 158 Å². The van der Waals surface area contributed by atoms with E-state index in [1.54, 1.807) is 6.92 Å². The molecule has 1 heterocycles. The number of unbranched alkanes of at least 4 members (excludes halogenated alkanes) is 1. The molecule has 4 N–H and O–H groups in total. The normalized spacial score (nSPS) is 15.5. The van der Waals surface area contributed by atoms with E-state index in [4.69, 9.17) is 23.2 Å². The number of amides is 1. The van der Waals surface area contributed by atoms with Gasteiger partial charge in [-0.3, -0.25) is 10.2 Å². The zero-order valence-electron chi connectivity index (χ0n) is 15.2. The van der Waals surface area contributed by atoms with E-state index in [1.807, 2.05) is 23.1 Å². The summed E-state index contributed by atoms with van der Waals surface area (Å²) < 4.78 is 0. The molecule has 140 valence electrons. The van der Waals surface area contributed by atoms with Crippen molar-refractivity contribution in [2.75, 3.05) is 11.4 Å². The van der Waals surface area contributed by atoms with Gasteiger partial charge in [-0.15, -0.1) is 0 Å². The van der Waals surface area contributed by atoms with E-state index in [9.17, 15) is 4.79 Å². The van der Waals surface area contributed by atoms with Gasteiger partial charge in [0.2, 0.25) is 5.91 Å². The smallest absolute Gasteiger partial charge is 0.226 e. The first-order valence-electron chi connectivity index (χ1n) is 8.73. The van der Waals surface area contributed by atoms with Crippen molar-refractivity contribution < 1.29 is 10.0 Å². The minimum atomic E-state index is 0.0272. The average Bonchev–Trinajstić information content (AvgIpc) is 2.77. The van der Waals surface area contributed by atoms with Gasteiger partial charge in [-0.1, -0.05) is 24.6 Å². The monoisotopic (exact) mass is 375 g/mol. The fourth-order valence-corrected chi connectivity index (χ4v) is 3.02. The van der Waals surface area contributed by atoms with E-state index in [0.29, 0.717) is 17.8 Å². The molecule has 0 unspecified atom stereocenters. The van der Waals surface area contributed by atoms with Crippen LogP contribution in [-0.2, 0) is 11.2 Å². The molecule has 0 atom stereocenters. The zero-order chi connectivity index (χ0) is 19.1. The van der Waals surface area contributed by atoms with Crippen LogP contribution in [0.1, 0.15) is 50.7 Å². The van der Waals surface area contributed by atoms with Crippen LogP contribution in [0, 0.1) is 0 Å². The Kier molecular flexibility index (Phi) is 7.08. The van der Waals surface area contributed by atoms with Gasteiger partial charge in [-0.25, -0.2) is 0 Å². The second-order valence-electron chi connectivity index (χ2n) is 6.22. The van der Waals surface area contributed by atoms with E-state index in [0.717, 1.165) is 49.0 Å². The molecule has 7 nitrogen and oxygen atoms in total. The summed E-state index contributed by atoms with van der Waals surface area (Å²) in [4.78, 5) is 14.3. The minimum Gasteiger partial charge on any atom is -0.411 e. The Bertz CT molecular complexity index is 745. The molecule has 2 rings (SSSR count). The first kappa shape index (κ1) is 19.8. The molecule has 1 aliphatic heterocycles. The molecule has 0 saturated carbocycles. The van der Waals surface area contributed by atoms with Crippen LogP contribution >= 0.6 is 12.2 Å². The largest absolute Gasteiger partial charge is 0.411 e. The number of nitrogens with zero attached hydrogens (tertiary/aromatic N) is 3. The maximum Gasteiger partial charge on any atom is 0.226 e. The fourth-order valence-electron chi connectivity index (χ4n) is 2.97. The number of hydrogen-bond donors (Lipinski definition) is 3. The molecular weight excluding hydrogens is 350 g/mol. The highest BCUT2D eigenvalue weighted by Crippen LogP contribution is 2.28. The van der Waals surface area contributed by atoms with Gasteiger partial charge in [0.1, 0.15) is 11.4 Å². The minimum absolute atomic E-state index is 0.0272. The van der Waals surface area contributed by atoms with Crippen molar-refractivity contribution in [2.24, 2.45) is 16.0 Å². The van der Waals surface area contributed by atoms with E-state index in [-0.39, 0.29) is 11.0 Å². The number of carbonyl (C=O) groups is 1. The predicted octanol–water partition coefficient (Wildman–Crippen LogP) is 2.54. The van der Waals surface area contributed by atoms with E-state index < -0.39 is 0 Å². The second-order valence-corrected chi connectivity index (χ2v) is 6.66. The number of anilines is 1. The molecule has 26 heavy (non-hydrogen) atoms. The van der Waals surface area contributed by atoms with Crippen LogP contribution in [0.4, 0.5) is 5.69 Å². The van der Waals surface area contributed by atoms with E-state index >= 15 is 0 Å². The molecule has 1 amide bonds. The SMILES string of the molecule is CCCCN1C(=O)CCCc2cc(C(=NNC(N)=S)C(C)=NO)ccc21. The van der Waals surface area contributed by atoms with Crippen molar-refractivity contribution in [3.05, 3.63) is 29.3 Å². The summed E-state index contributed by atoms with van der Waals surface area (Å²) in [5.74, 6) is 0.169. The summed E-state index contributed by atoms with van der Waals surface area (Å²) in [6, 6.07) is 5.79. The van der Waals surface area contributed by atoms with Crippen LogP contribution in [-0.4, -0.2) is 34.2 Å². The molecule has 0 spiro atoms. The van der Waals surface area contributed by atoms with Gasteiger partial charge in [0.05, 0.1) is 0 Å². The number of oxime groups is 1. The Morgan fingerprint density at radius 1 is 1.42 bits per heavy atom. The third-order valence-electron chi connectivity index (χ3n) is 4.29. The Morgan fingerprint density at radius 3 is 2.85 bits per heavy atom. The molecule has 0 fully saturated rings. The molecule has 1 aliphatic rings. The zero-order valence-corrected chi connectivity index (χ0v) is 16.0. The van der Waals surface area contributed by atoms with Crippen molar-refractivity contribution in [2.45, 2.75) is 46.0 Å². The molecule has 0 saturated heterocycles. The summed E-state index contributed by atoms with van der Waals surface area (Å²) in [6.07, 6.45) is 4.17. The third-order valence-corrected chi connectivity index (χ3v) is 4.38. The number of hydrazone groups is 1. The first-order chi connectivity index (χ1) is 12.5. The lowest BCUT2D eigenvalue weighted by Gasteiger charge is -2.23. The van der Waals surface area contributed by atoms with E-state index in [2.05, 4.69) is 22.6 Å². The number of benzene rings is 1. The predicted molar refractivity (Wildman–Crippen MR) is 108 cm³/mol. The molecule has 0 aliphatic carbocycles. The fraction of sp³-hybridized carbons (Fsp3) is 0.444. The Hall–Kier alpha value is -2.48. The third kappa shape index (κ3) is 4.78. The van der Waals surface area contributed by atoms with Crippen LogP contribution in [0.5, 0.6) is 0 Å². The lowest BCUT2D eigenvalue weighted by Crippen LogP contribution is -2.31. The first-order valence-corrected chi connectivity index (χ1v) is 9.14. The Morgan fingerprint density at radius 2 is 2.19 bits per heavy atom. The van der Waals surface area contributed by atoms with Crippen molar-refractivity contribution in [1.82, 2.24) is 5.43 Å². The van der Waals surface area contributed by atoms with Gasteiger partial charge in [-0.05, 0) is 56.1 Å². The summed E-state index contributed by atoms with van der Waals surface area (Å²) in [7, 11) is 0. The summed E-state index contributed by atoms with van der Waals surface area (Å²) in [5, 5.41) is 16.6. The molecule has 0 aromatic heterocycles. The van der Waals surface area contributed by atoms with Gasteiger partial charge in [-0.2, -0.15) is 5.10 Å². The highest BCUT2D eigenvalue weighted by atomic mass is 32.1. The molecule has 8 heteroatoms. The van der Waals surface area contributed by atoms with Crippen molar-refractivity contribution in [3.8, 4) is 0 Å². The van der Waals surface area contributed by atoms with Gasteiger partial charge in [0.25, 0.3) is 0 Å². The van der Waals surface area contributed by atoms with Crippen LogP contribution in [0.25, 0.3) is 0 Å². The molecule has 0 radical (unpaired) electrons. The summed E-state index contributed by atoms with van der Waals surface area (Å²) in [5.41, 5.74) is 11.6. The van der Waals surface area contributed by atoms with Gasteiger partial charge >= 0.3 is 0 Å². The summed E-state index contributed by atoms with van der Waals surface area (Å²) >= 11 is 4.78. The lowest BCUT2D eigenvalue weighted by molar-refractivity contribution is -0.118. The van der Waals surface area contributed by atoms with Crippen LogP contribution < -0.4 is 16.1 Å². The maximum atomic E-state index is 12.4. The highest BCUT2D eigenvalue weighted by molar-refractivity contribution is 7.80. The van der Waals surface area contributed by atoms with Gasteiger partial charge < -0.3 is 15.8 Å². The van der Waals surface area contributed by atoms with Gasteiger partial charge in [0, 0.05) is 24.2 Å². The highest BCUT2D eigenvalue weighted by Gasteiger charge is 2.23. The van der Waals surface area contributed by atoms with Crippen LogP contribution in [0.2, 0.25) is 0 Å². The lowest BCUT2D eigenvalue weighted by atomic mass is 9.99. The number of hydrogen-bond acceptors (Lipinski definition) is 5. The molecule has 0 bridgehead atoms. The quantitative estimate of drug-likeness (QED) is 0.307. The topological polar surface area (TPSA) is 103 Å². The number of nitrogens with one attached hydrogen (secondary N) is 1. The number of thiocarbonyl (C=S) groups is 1. The number of rotatable bonds is 6. The van der Waals surface area contributed by atoms with Crippen molar-refractivity contribution in [3.63, 3.8) is 0 Å². The number of fused-ring (bicyclic) bond motifs is 1. The maximum absolute atomic E-state index is 12.4. The Balaban J connectivity index is 2.44. The second kappa shape index (κ2) is 9.28. The standard InChI is InChI=1S/C18H25N5O2S/c1-3-4-10-23-15-9-8-14(11-13(15)6-5-7-16(23)24)17(12(2)22-25)20-21-18(19)26/h8-9,11,25H,3-7,10H2,1-2H3,(H3,19,21,26).